The fourth-order valence-electron chi connectivity index (χ4n) is 2.02. The first-order valence-electron chi connectivity index (χ1n) is 5.26. The monoisotopic (exact) mass is 298 g/mol. The van der Waals surface area contributed by atoms with Gasteiger partial charge in [-0.15, -0.1) is 0 Å². The van der Waals surface area contributed by atoms with Crippen LogP contribution in [0.1, 0.15) is 24.4 Å². The highest BCUT2D eigenvalue weighted by Gasteiger charge is 2.37. The molecule has 1 N–H and O–H groups in total. The summed E-state index contributed by atoms with van der Waals surface area (Å²) in [7, 11) is 0. The Morgan fingerprint density at radius 2 is 2.24 bits per heavy atom. The summed E-state index contributed by atoms with van der Waals surface area (Å²) in [4.78, 5) is 22.0. The highest BCUT2D eigenvalue weighted by molar-refractivity contribution is 9.10. The third-order valence-corrected chi connectivity index (χ3v) is 3.34. The second kappa shape index (κ2) is 4.83. The number of piperidine rings is 1. The van der Waals surface area contributed by atoms with Crippen LogP contribution in [0.4, 0.5) is 0 Å². The van der Waals surface area contributed by atoms with Gasteiger partial charge in [0.1, 0.15) is 6.04 Å². The lowest BCUT2D eigenvalue weighted by Crippen LogP contribution is -2.45. The molecule has 1 aliphatic heterocycles. The van der Waals surface area contributed by atoms with Crippen LogP contribution in [-0.2, 0) is 4.79 Å². The van der Waals surface area contributed by atoms with Crippen LogP contribution in [0.3, 0.4) is 0 Å². The van der Waals surface area contributed by atoms with E-state index in [2.05, 4.69) is 21.2 Å². The van der Waals surface area contributed by atoms with Crippen LogP contribution >= 0.6 is 15.9 Å². The fourth-order valence-corrected chi connectivity index (χ4v) is 2.44. The Labute approximate surface area is 106 Å². The summed E-state index contributed by atoms with van der Waals surface area (Å²) in [5, 5.41) is 13.7. The van der Waals surface area contributed by atoms with E-state index in [9.17, 15) is 14.9 Å². The first-order chi connectivity index (χ1) is 8.08. The molecule has 1 amide bonds. The molecule has 5 nitrogen and oxygen atoms in total. The van der Waals surface area contributed by atoms with Crippen molar-refractivity contribution >= 4 is 21.8 Å². The van der Waals surface area contributed by atoms with Gasteiger partial charge in [0.2, 0.25) is 11.9 Å². The van der Waals surface area contributed by atoms with Crippen LogP contribution < -0.4 is 5.32 Å². The average Bonchev–Trinajstić information content (AvgIpc) is 2.28. The van der Waals surface area contributed by atoms with Crippen molar-refractivity contribution in [1.29, 1.82) is 0 Å². The third kappa shape index (κ3) is 2.63. The molecule has 0 saturated carbocycles. The molecular formula is C11H11BrN2O3. The molecule has 1 aliphatic rings. The van der Waals surface area contributed by atoms with Crippen molar-refractivity contribution in [3.63, 3.8) is 0 Å². The quantitative estimate of drug-likeness (QED) is 0.671. The summed E-state index contributed by atoms with van der Waals surface area (Å²) >= 11 is 3.32. The van der Waals surface area contributed by atoms with Crippen LogP contribution in [0, 0.1) is 10.1 Å². The summed E-state index contributed by atoms with van der Waals surface area (Å²) in [6, 6.07) is 5.95. The van der Waals surface area contributed by atoms with Crippen LogP contribution in [-0.4, -0.2) is 16.9 Å². The van der Waals surface area contributed by atoms with Crippen molar-refractivity contribution in [3.8, 4) is 0 Å². The highest BCUT2D eigenvalue weighted by Crippen LogP contribution is 2.27. The third-order valence-electron chi connectivity index (χ3n) is 2.85. The molecule has 2 rings (SSSR count). The van der Waals surface area contributed by atoms with Gasteiger partial charge in [-0.1, -0.05) is 28.1 Å². The summed E-state index contributed by atoms with van der Waals surface area (Å²) in [5.41, 5.74) is 0.758. The molecule has 1 aromatic rings. The number of hydrogen-bond donors (Lipinski definition) is 1. The van der Waals surface area contributed by atoms with Crippen molar-refractivity contribution in [2.24, 2.45) is 0 Å². The maximum atomic E-state index is 11.4. The predicted molar refractivity (Wildman–Crippen MR) is 65.0 cm³/mol. The zero-order chi connectivity index (χ0) is 12.4. The molecule has 17 heavy (non-hydrogen) atoms. The van der Waals surface area contributed by atoms with Crippen LogP contribution in [0.15, 0.2) is 28.7 Å². The van der Waals surface area contributed by atoms with Crippen LogP contribution in [0.25, 0.3) is 0 Å². The lowest BCUT2D eigenvalue weighted by atomic mass is 9.92. The minimum atomic E-state index is -0.748. The standard InChI is InChI=1S/C11H11BrN2O3/c12-8-3-1-2-7(6-8)11-9(14(16)17)4-5-10(15)13-11/h1-3,6,9,11H,4-5H2,(H,13,15)/t9-,11+/m0/s1. The number of halogens is 1. The smallest absolute Gasteiger partial charge is 0.237 e. The van der Waals surface area contributed by atoms with E-state index in [1.165, 1.54) is 0 Å². The van der Waals surface area contributed by atoms with E-state index < -0.39 is 12.1 Å². The number of rotatable bonds is 2. The van der Waals surface area contributed by atoms with Gasteiger partial charge in [-0.25, -0.2) is 0 Å². The molecule has 6 heteroatoms. The number of carbonyl (C=O) groups is 1. The van der Waals surface area contributed by atoms with E-state index in [0.29, 0.717) is 0 Å². The van der Waals surface area contributed by atoms with Crippen molar-refractivity contribution in [1.82, 2.24) is 5.32 Å². The minimum Gasteiger partial charge on any atom is -0.343 e. The van der Waals surface area contributed by atoms with Gasteiger partial charge < -0.3 is 5.32 Å². The average molecular weight is 299 g/mol. The number of nitrogens with zero attached hydrogens (tertiary/aromatic N) is 1. The Bertz CT molecular complexity index is 464. The Hall–Kier alpha value is -1.43. The fraction of sp³-hybridized carbons (Fsp3) is 0.364. The number of carbonyl (C=O) groups excluding carboxylic acids is 1. The van der Waals surface area contributed by atoms with Gasteiger partial charge >= 0.3 is 0 Å². The van der Waals surface area contributed by atoms with Crippen LogP contribution in [0.2, 0.25) is 0 Å². The lowest BCUT2D eigenvalue weighted by Gasteiger charge is -2.26. The van der Waals surface area contributed by atoms with Crippen molar-refractivity contribution in [2.75, 3.05) is 0 Å². The molecule has 1 heterocycles. The van der Waals surface area contributed by atoms with E-state index in [1.54, 1.807) is 18.2 Å². The molecule has 0 aromatic heterocycles. The summed E-state index contributed by atoms with van der Waals surface area (Å²) in [6.45, 7) is 0. The van der Waals surface area contributed by atoms with Gasteiger partial charge in [0.25, 0.3) is 0 Å². The Balaban J connectivity index is 2.32. The van der Waals surface area contributed by atoms with E-state index in [1.807, 2.05) is 6.07 Å². The number of nitrogens with one attached hydrogen (secondary N) is 1. The summed E-state index contributed by atoms with van der Waals surface area (Å²) < 4.78 is 0.844. The van der Waals surface area contributed by atoms with E-state index >= 15 is 0 Å². The summed E-state index contributed by atoms with van der Waals surface area (Å²) in [5.74, 6) is -0.131. The maximum absolute atomic E-state index is 11.4. The largest absolute Gasteiger partial charge is 0.343 e. The SMILES string of the molecule is O=C1CC[C@H]([N+](=O)[O-])[C@@H](c2cccc(Br)c2)N1. The molecule has 1 aromatic carbocycles. The van der Waals surface area contributed by atoms with Crippen molar-refractivity contribution in [3.05, 3.63) is 44.4 Å². The molecular weight excluding hydrogens is 288 g/mol. The Kier molecular flexibility index (Phi) is 3.42. The molecule has 0 spiro atoms. The van der Waals surface area contributed by atoms with Gasteiger partial charge in [0.05, 0.1) is 0 Å². The molecule has 0 bridgehead atoms. The molecule has 90 valence electrons. The zero-order valence-corrected chi connectivity index (χ0v) is 10.5. The van der Waals surface area contributed by atoms with E-state index in [-0.39, 0.29) is 23.7 Å². The van der Waals surface area contributed by atoms with Gasteiger partial charge in [-0.05, 0) is 17.7 Å². The Morgan fingerprint density at radius 1 is 1.47 bits per heavy atom. The van der Waals surface area contributed by atoms with E-state index in [0.717, 1.165) is 10.0 Å². The number of amides is 1. The number of benzene rings is 1. The Morgan fingerprint density at radius 3 is 2.88 bits per heavy atom. The molecule has 1 fully saturated rings. The van der Waals surface area contributed by atoms with Crippen LogP contribution in [0.5, 0.6) is 0 Å². The number of hydrogen-bond acceptors (Lipinski definition) is 3. The minimum absolute atomic E-state index is 0.131. The second-order valence-electron chi connectivity index (χ2n) is 3.99. The topological polar surface area (TPSA) is 72.2 Å². The van der Waals surface area contributed by atoms with Gasteiger partial charge in [-0.3, -0.25) is 14.9 Å². The first-order valence-corrected chi connectivity index (χ1v) is 6.05. The van der Waals surface area contributed by atoms with Gasteiger partial charge in [0.15, 0.2) is 0 Å². The van der Waals surface area contributed by atoms with E-state index in [4.69, 9.17) is 0 Å². The predicted octanol–water partition coefficient (Wildman–Crippen LogP) is 2.05. The maximum Gasteiger partial charge on any atom is 0.237 e. The molecule has 1 saturated heterocycles. The van der Waals surface area contributed by atoms with Gasteiger partial charge in [0, 0.05) is 22.2 Å². The first kappa shape index (κ1) is 12.0. The van der Waals surface area contributed by atoms with Crippen molar-refractivity contribution in [2.45, 2.75) is 24.9 Å². The normalized spacial score (nSPS) is 24.2. The number of nitro groups is 1. The molecule has 2 atom stereocenters. The lowest BCUT2D eigenvalue weighted by molar-refractivity contribution is -0.529. The summed E-state index contributed by atoms with van der Waals surface area (Å²) in [6.07, 6.45) is 0.506. The zero-order valence-electron chi connectivity index (χ0n) is 8.93. The highest BCUT2D eigenvalue weighted by atomic mass is 79.9. The molecule has 0 aliphatic carbocycles. The molecule has 0 radical (unpaired) electrons. The second-order valence-corrected chi connectivity index (χ2v) is 4.91. The van der Waals surface area contributed by atoms with Gasteiger partial charge in [-0.2, -0.15) is 0 Å². The van der Waals surface area contributed by atoms with Crippen molar-refractivity contribution < 1.29 is 9.72 Å². The molecule has 0 unspecified atom stereocenters.